The van der Waals surface area contributed by atoms with Gasteiger partial charge in [0.05, 0.1) is 35.8 Å². The monoisotopic (exact) mass is 406 g/mol. The molecule has 6 heteroatoms. The summed E-state index contributed by atoms with van der Waals surface area (Å²) in [6.45, 7) is 8.89. The molecule has 4 rings (SSSR count). The SMILES string of the molecule is CC(C)n1c([C@@H](C)N[C@@H](C)C(=O)N[C@H]2CCOc3ccccc32)nc2ccccc21. The molecule has 2 heterocycles. The summed E-state index contributed by atoms with van der Waals surface area (Å²) in [7, 11) is 0. The molecule has 1 aliphatic rings. The summed E-state index contributed by atoms with van der Waals surface area (Å²) in [6.07, 6.45) is 0.772. The first kappa shape index (κ1) is 20.4. The molecule has 0 spiro atoms. The molecular formula is C24H30N4O2. The van der Waals surface area contributed by atoms with Gasteiger partial charge < -0.3 is 14.6 Å². The number of nitrogens with one attached hydrogen (secondary N) is 2. The van der Waals surface area contributed by atoms with Gasteiger partial charge in [-0.1, -0.05) is 30.3 Å². The Morgan fingerprint density at radius 3 is 2.63 bits per heavy atom. The summed E-state index contributed by atoms with van der Waals surface area (Å²) in [6, 6.07) is 15.9. The molecule has 0 saturated carbocycles. The molecule has 158 valence electrons. The number of carbonyl (C=O) groups is 1. The van der Waals surface area contributed by atoms with Crippen molar-refractivity contribution in [3.05, 3.63) is 59.9 Å². The predicted octanol–water partition coefficient (Wildman–Crippen LogP) is 4.30. The molecule has 2 aromatic carbocycles. The highest BCUT2D eigenvalue weighted by Crippen LogP contribution is 2.31. The molecule has 30 heavy (non-hydrogen) atoms. The maximum Gasteiger partial charge on any atom is 0.237 e. The third-order valence-corrected chi connectivity index (χ3v) is 5.70. The zero-order valence-corrected chi connectivity index (χ0v) is 18.1. The highest BCUT2D eigenvalue weighted by Gasteiger charge is 2.26. The number of carbonyl (C=O) groups excluding carboxylic acids is 1. The Labute approximate surface area is 177 Å². The molecular weight excluding hydrogens is 376 g/mol. The normalized spacial score (nSPS) is 18.0. The van der Waals surface area contributed by atoms with E-state index in [1.54, 1.807) is 0 Å². The number of aromatic nitrogens is 2. The van der Waals surface area contributed by atoms with Crippen LogP contribution in [0.5, 0.6) is 5.75 Å². The zero-order valence-electron chi connectivity index (χ0n) is 18.1. The Bertz CT molecular complexity index is 1040. The average Bonchev–Trinajstić information content (AvgIpc) is 3.14. The minimum atomic E-state index is -0.351. The van der Waals surface area contributed by atoms with Crippen LogP contribution >= 0.6 is 0 Å². The number of rotatable bonds is 6. The van der Waals surface area contributed by atoms with Crippen molar-refractivity contribution in [3.8, 4) is 5.75 Å². The number of nitrogens with zero attached hydrogens (tertiary/aromatic N) is 2. The molecule has 0 radical (unpaired) electrons. The van der Waals surface area contributed by atoms with Crippen LogP contribution in [0, 0.1) is 0 Å². The van der Waals surface area contributed by atoms with Crippen molar-refractivity contribution in [1.82, 2.24) is 20.2 Å². The largest absolute Gasteiger partial charge is 0.493 e. The van der Waals surface area contributed by atoms with Crippen molar-refractivity contribution in [2.45, 2.75) is 58.3 Å². The number of amides is 1. The molecule has 3 aromatic rings. The van der Waals surface area contributed by atoms with Crippen LogP contribution in [0.25, 0.3) is 11.0 Å². The molecule has 0 bridgehead atoms. The van der Waals surface area contributed by atoms with E-state index in [2.05, 4.69) is 42.0 Å². The van der Waals surface area contributed by atoms with Crippen LogP contribution in [0.1, 0.15) is 63.6 Å². The average molecular weight is 407 g/mol. The molecule has 1 amide bonds. The van der Waals surface area contributed by atoms with E-state index in [-0.39, 0.29) is 30.1 Å². The molecule has 3 atom stereocenters. The number of hydrogen-bond acceptors (Lipinski definition) is 4. The van der Waals surface area contributed by atoms with Crippen molar-refractivity contribution in [2.24, 2.45) is 0 Å². The Morgan fingerprint density at radius 2 is 1.83 bits per heavy atom. The molecule has 0 unspecified atom stereocenters. The van der Waals surface area contributed by atoms with Crippen molar-refractivity contribution in [3.63, 3.8) is 0 Å². The fourth-order valence-corrected chi connectivity index (χ4v) is 4.23. The van der Waals surface area contributed by atoms with Gasteiger partial charge in [0.2, 0.25) is 5.91 Å². The number of ether oxygens (including phenoxy) is 1. The second kappa shape index (κ2) is 8.48. The third-order valence-electron chi connectivity index (χ3n) is 5.70. The maximum atomic E-state index is 12.9. The standard InChI is InChI=1S/C24H30N4O2/c1-15(2)28-21-11-7-6-10-20(21)26-23(28)16(3)25-17(4)24(29)27-19-13-14-30-22-12-8-5-9-18(19)22/h5-12,15-17,19,25H,13-14H2,1-4H3,(H,27,29)/t16-,17+,19+/m1/s1. The van der Waals surface area contributed by atoms with Crippen LogP contribution in [0.3, 0.4) is 0 Å². The molecule has 1 aliphatic heterocycles. The van der Waals surface area contributed by atoms with Crippen molar-refractivity contribution in [2.75, 3.05) is 6.61 Å². The van der Waals surface area contributed by atoms with Gasteiger partial charge in [0.15, 0.2) is 0 Å². The lowest BCUT2D eigenvalue weighted by Crippen LogP contribution is -2.45. The van der Waals surface area contributed by atoms with Crippen LogP contribution in [0.4, 0.5) is 0 Å². The van der Waals surface area contributed by atoms with E-state index in [4.69, 9.17) is 9.72 Å². The molecule has 2 N–H and O–H groups in total. The minimum absolute atomic E-state index is 0.0178. The summed E-state index contributed by atoms with van der Waals surface area (Å²) in [5, 5.41) is 6.63. The maximum absolute atomic E-state index is 12.9. The van der Waals surface area contributed by atoms with Gasteiger partial charge in [-0.2, -0.15) is 0 Å². The first-order valence-corrected chi connectivity index (χ1v) is 10.7. The van der Waals surface area contributed by atoms with E-state index in [1.807, 2.05) is 49.4 Å². The predicted molar refractivity (Wildman–Crippen MR) is 119 cm³/mol. The van der Waals surface area contributed by atoms with E-state index in [9.17, 15) is 4.79 Å². The molecule has 0 aliphatic carbocycles. The van der Waals surface area contributed by atoms with Crippen LogP contribution in [-0.4, -0.2) is 28.1 Å². The summed E-state index contributed by atoms with van der Waals surface area (Å²) < 4.78 is 7.95. The van der Waals surface area contributed by atoms with Gasteiger partial charge in [0, 0.05) is 18.0 Å². The number of fused-ring (bicyclic) bond motifs is 2. The van der Waals surface area contributed by atoms with E-state index in [0.29, 0.717) is 6.61 Å². The van der Waals surface area contributed by atoms with Crippen LogP contribution in [0.2, 0.25) is 0 Å². The van der Waals surface area contributed by atoms with Gasteiger partial charge in [-0.05, 0) is 45.9 Å². The molecule has 1 aromatic heterocycles. The first-order chi connectivity index (χ1) is 14.5. The van der Waals surface area contributed by atoms with Crippen molar-refractivity contribution in [1.29, 1.82) is 0 Å². The van der Waals surface area contributed by atoms with E-state index >= 15 is 0 Å². The highest BCUT2D eigenvalue weighted by atomic mass is 16.5. The number of hydrogen-bond donors (Lipinski definition) is 2. The zero-order chi connectivity index (χ0) is 21.3. The smallest absolute Gasteiger partial charge is 0.237 e. The summed E-state index contributed by atoms with van der Waals surface area (Å²) in [5.74, 6) is 1.78. The lowest BCUT2D eigenvalue weighted by Gasteiger charge is -2.28. The second-order valence-electron chi connectivity index (χ2n) is 8.27. The van der Waals surface area contributed by atoms with E-state index < -0.39 is 0 Å². The summed E-state index contributed by atoms with van der Waals surface area (Å²) in [4.78, 5) is 17.8. The van der Waals surface area contributed by atoms with Gasteiger partial charge in [0.1, 0.15) is 11.6 Å². The third kappa shape index (κ3) is 3.92. The lowest BCUT2D eigenvalue weighted by atomic mass is 10.0. The number of imidazole rings is 1. The van der Waals surface area contributed by atoms with Crippen LogP contribution < -0.4 is 15.4 Å². The van der Waals surface area contributed by atoms with Crippen molar-refractivity contribution < 1.29 is 9.53 Å². The fraction of sp³-hybridized carbons (Fsp3) is 0.417. The number of benzene rings is 2. The Kier molecular flexibility index (Phi) is 5.77. The summed E-state index contributed by atoms with van der Waals surface area (Å²) in [5.41, 5.74) is 3.14. The second-order valence-corrected chi connectivity index (χ2v) is 8.27. The van der Waals surface area contributed by atoms with E-state index in [1.165, 1.54) is 0 Å². The van der Waals surface area contributed by atoms with E-state index in [0.717, 1.165) is 34.6 Å². The Hall–Kier alpha value is -2.86. The van der Waals surface area contributed by atoms with Gasteiger partial charge >= 0.3 is 0 Å². The number of para-hydroxylation sites is 3. The van der Waals surface area contributed by atoms with Gasteiger partial charge in [-0.25, -0.2) is 4.98 Å². The van der Waals surface area contributed by atoms with Gasteiger partial charge in [0.25, 0.3) is 0 Å². The fourth-order valence-electron chi connectivity index (χ4n) is 4.23. The molecule has 0 saturated heterocycles. The Balaban J connectivity index is 1.48. The van der Waals surface area contributed by atoms with Crippen LogP contribution in [0.15, 0.2) is 48.5 Å². The lowest BCUT2D eigenvalue weighted by molar-refractivity contribution is -0.123. The minimum Gasteiger partial charge on any atom is -0.493 e. The molecule has 6 nitrogen and oxygen atoms in total. The van der Waals surface area contributed by atoms with Crippen molar-refractivity contribution >= 4 is 16.9 Å². The van der Waals surface area contributed by atoms with Gasteiger partial charge in [-0.15, -0.1) is 0 Å². The quantitative estimate of drug-likeness (QED) is 0.641. The first-order valence-electron chi connectivity index (χ1n) is 10.7. The van der Waals surface area contributed by atoms with Crippen LogP contribution in [-0.2, 0) is 4.79 Å². The Morgan fingerprint density at radius 1 is 1.10 bits per heavy atom. The summed E-state index contributed by atoms with van der Waals surface area (Å²) >= 11 is 0. The highest BCUT2D eigenvalue weighted by molar-refractivity contribution is 5.82. The topological polar surface area (TPSA) is 68.2 Å². The molecule has 0 fully saturated rings. The van der Waals surface area contributed by atoms with Gasteiger partial charge in [-0.3, -0.25) is 10.1 Å².